The number of benzene rings is 1. The molecule has 0 fully saturated rings. The van der Waals surface area contributed by atoms with E-state index in [0.29, 0.717) is 36.8 Å². The Bertz CT molecular complexity index is 477. The molecule has 1 aromatic rings. The van der Waals surface area contributed by atoms with Gasteiger partial charge in [-0.15, -0.1) is 23.2 Å². The molecule has 128 valence electrons. The van der Waals surface area contributed by atoms with Gasteiger partial charge in [0.1, 0.15) is 6.04 Å². The summed E-state index contributed by atoms with van der Waals surface area (Å²) in [6.45, 7) is 2.91. The quantitative estimate of drug-likeness (QED) is 0.652. The summed E-state index contributed by atoms with van der Waals surface area (Å²) in [6.07, 6.45) is 2.42. The average Bonchev–Trinajstić information content (AvgIpc) is 2.58. The van der Waals surface area contributed by atoms with E-state index in [1.165, 1.54) is 0 Å². The van der Waals surface area contributed by atoms with Crippen molar-refractivity contribution in [3.8, 4) is 0 Å². The second-order valence-corrected chi connectivity index (χ2v) is 5.99. The maximum atomic E-state index is 12.7. The van der Waals surface area contributed by atoms with Crippen LogP contribution in [0.5, 0.6) is 0 Å². The number of hydrogen-bond donors (Lipinski definition) is 1. The summed E-state index contributed by atoms with van der Waals surface area (Å²) >= 11 is 11.5. The van der Waals surface area contributed by atoms with Crippen molar-refractivity contribution in [1.29, 1.82) is 0 Å². The summed E-state index contributed by atoms with van der Waals surface area (Å²) < 4.78 is 0. The first-order valence-electron chi connectivity index (χ1n) is 7.90. The summed E-state index contributed by atoms with van der Waals surface area (Å²) in [5.74, 6) is 0.326. The number of alkyl halides is 2. The fourth-order valence-electron chi connectivity index (χ4n) is 2.25. The molecular formula is C17H24Cl2N2O2. The smallest absolute Gasteiger partial charge is 0.251 e. The van der Waals surface area contributed by atoms with Gasteiger partial charge in [-0.1, -0.05) is 38.0 Å². The zero-order chi connectivity index (χ0) is 17.1. The third kappa shape index (κ3) is 6.80. The molecule has 6 heteroatoms. The molecule has 0 aromatic heterocycles. The van der Waals surface area contributed by atoms with E-state index in [9.17, 15) is 9.59 Å². The predicted octanol–water partition coefficient (Wildman–Crippen LogP) is 3.28. The van der Waals surface area contributed by atoms with Crippen LogP contribution in [-0.2, 0) is 4.79 Å². The topological polar surface area (TPSA) is 49.4 Å². The van der Waals surface area contributed by atoms with Gasteiger partial charge in [-0.25, -0.2) is 0 Å². The minimum atomic E-state index is -0.547. The van der Waals surface area contributed by atoms with Crippen molar-refractivity contribution in [3.05, 3.63) is 35.9 Å². The van der Waals surface area contributed by atoms with Gasteiger partial charge in [0.2, 0.25) is 5.91 Å². The van der Waals surface area contributed by atoms with E-state index < -0.39 is 6.04 Å². The lowest BCUT2D eigenvalue weighted by Gasteiger charge is -2.27. The van der Waals surface area contributed by atoms with Crippen LogP contribution in [0.3, 0.4) is 0 Å². The minimum absolute atomic E-state index is 0.121. The van der Waals surface area contributed by atoms with Gasteiger partial charge in [0.25, 0.3) is 5.91 Å². The molecule has 0 spiro atoms. The van der Waals surface area contributed by atoms with Crippen molar-refractivity contribution >= 4 is 35.0 Å². The van der Waals surface area contributed by atoms with Crippen molar-refractivity contribution in [2.45, 2.75) is 32.2 Å². The standard InChI is InChI=1S/C17H24Cl2N2O2/c1-2-3-9-15(17(23)21(12-10-18)13-11-19)20-16(22)14-7-5-4-6-8-14/h4-8,15H,2-3,9-13H2,1H3,(H,20,22). The van der Waals surface area contributed by atoms with Gasteiger partial charge < -0.3 is 10.2 Å². The Kier molecular flexibility index (Phi) is 9.72. The second kappa shape index (κ2) is 11.3. The van der Waals surface area contributed by atoms with Crippen molar-refractivity contribution in [2.75, 3.05) is 24.8 Å². The Labute approximate surface area is 148 Å². The molecule has 23 heavy (non-hydrogen) atoms. The summed E-state index contributed by atoms with van der Waals surface area (Å²) in [6, 6.07) is 8.35. The van der Waals surface area contributed by atoms with Gasteiger partial charge >= 0.3 is 0 Å². The van der Waals surface area contributed by atoms with E-state index in [2.05, 4.69) is 12.2 Å². The van der Waals surface area contributed by atoms with Crippen LogP contribution >= 0.6 is 23.2 Å². The first kappa shape index (κ1) is 19.8. The number of nitrogens with one attached hydrogen (secondary N) is 1. The summed E-state index contributed by atoms with van der Waals surface area (Å²) in [4.78, 5) is 26.6. The molecule has 0 radical (unpaired) electrons. The number of carbonyl (C=O) groups is 2. The number of halogens is 2. The number of hydrogen-bond acceptors (Lipinski definition) is 2. The molecule has 4 nitrogen and oxygen atoms in total. The fraction of sp³-hybridized carbons (Fsp3) is 0.529. The first-order chi connectivity index (χ1) is 11.1. The van der Waals surface area contributed by atoms with Crippen molar-refractivity contribution in [3.63, 3.8) is 0 Å². The normalized spacial score (nSPS) is 11.8. The zero-order valence-corrected chi connectivity index (χ0v) is 14.9. The van der Waals surface area contributed by atoms with E-state index in [4.69, 9.17) is 23.2 Å². The van der Waals surface area contributed by atoms with Crippen LogP contribution in [0.15, 0.2) is 30.3 Å². The third-order valence-electron chi connectivity index (χ3n) is 3.51. The van der Waals surface area contributed by atoms with Crippen LogP contribution in [0.1, 0.15) is 36.5 Å². The van der Waals surface area contributed by atoms with Gasteiger partial charge in [0, 0.05) is 30.4 Å². The van der Waals surface area contributed by atoms with Gasteiger partial charge in [0.05, 0.1) is 0 Å². The van der Waals surface area contributed by atoms with Crippen molar-refractivity contribution in [2.24, 2.45) is 0 Å². The highest BCUT2D eigenvalue weighted by Gasteiger charge is 2.25. The number of amides is 2. The van der Waals surface area contributed by atoms with E-state index in [1.54, 1.807) is 29.2 Å². The van der Waals surface area contributed by atoms with E-state index in [-0.39, 0.29) is 11.8 Å². The van der Waals surface area contributed by atoms with Crippen LogP contribution in [0.4, 0.5) is 0 Å². The van der Waals surface area contributed by atoms with Crippen molar-refractivity contribution < 1.29 is 9.59 Å². The summed E-state index contributed by atoms with van der Waals surface area (Å²) in [5.41, 5.74) is 0.544. The molecule has 0 aliphatic heterocycles. The highest BCUT2D eigenvalue weighted by atomic mass is 35.5. The fourth-order valence-corrected chi connectivity index (χ4v) is 2.66. The van der Waals surface area contributed by atoms with Crippen LogP contribution in [-0.4, -0.2) is 47.6 Å². The molecule has 1 rings (SSSR count). The lowest BCUT2D eigenvalue weighted by molar-refractivity contribution is -0.133. The maximum absolute atomic E-state index is 12.7. The Morgan fingerprint density at radius 2 is 1.74 bits per heavy atom. The van der Waals surface area contributed by atoms with Crippen LogP contribution in [0.25, 0.3) is 0 Å². The lowest BCUT2D eigenvalue weighted by atomic mass is 10.1. The Morgan fingerprint density at radius 3 is 2.26 bits per heavy atom. The number of nitrogens with zero attached hydrogens (tertiary/aromatic N) is 1. The molecule has 0 aliphatic rings. The molecule has 0 bridgehead atoms. The van der Waals surface area contributed by atoms with Crippen LogP contribution in [0.2, 0.25) is 0 Å². The van der Waals surface area contributed by atoms with Gasteiger partial charge in [-0.05, 0) is 18.6 Å². The largest absolute Gasteiger partial charge is 0.340 e. The molecule has 0 saturated carbocycles. The van der Waals surface area contributed by atoms with E-state index >= 15 is 0 Å². The highest BCUT2D eigenvalue weighted by molar-refractivity contribution is 6.18. The zero-order valence-electron chi connectivity index (χ0n) is 13.4. The molecule has 1 aromatic carbocycles. The van der Waals surface area contributed by atoms with Crippen LogP contribution in [0, 0.1) is 0 Å². The predicted molar refractivity (Wildman–Crippen MR) is 95.2 cm³/mol. The number of rotatable bonds is 10. The Morgan fingerprint density at radius 1 is 1.13 bits per heavy atom. The first-order valence-corrected chi connectivity index (χ1v) is 8.97. The molecule has 0 heterocycles. The number of carbonyl (C=O) groups excluding carboxylic acids is 2. The highest BCUT2D eigenvalue weighted by Crippen LogP contribution is 2.08. The second-order valence-electron chi connectivity index (χ2n) is 5.24. The molecule has 1 N–H and O–H groups in total. The molecule has 0 saturated heterocycles. The lowest BCUT2D eigenvalue weighted by Crippen LogP contribution is -2.49. The molecule has 1 atom stereocenters. The van der Waals surface area contributed by atoms with Gasteiger partial charge in [-0.2, -0.15) is 0 Å². The third-order valence-corrected chi connectivity index (χ3v) is 3.84. The van der Waals surface area contributed by atoms with Gasteiger partial charge in [-0.3, -0.25) is 9.59 Å². The molecule has 1 unspecified atom stereocenters. The Balaban J connectivity index is 2.81. The monoisotopic (exact) mass is 358 g/mol. The molecule has 0 aliphatic carbocycles. The summed E-state index contributed by atoms with van der Waals surface area (Å²) in [7, 11) is 0. The summed E-state index contributed by atoms with van der Waals surface area (Å²) in [5, 5.41) is 2.85. The molecule has 2 amide bonds. The van der Waals surface area contributed by atoms with Crippen molar-refractivity contribution in [1.82, 2.24) is 10.2 Å². The van der Waals surface area contributed by atoms with Crippen LogP contribution < -0.4 is 5.32 Å². The molecular weight excluding hydrogens is 335 g/mol. The van der Waals surface area contributed by atoms with Gasteiger partial charge in [0.15, 0.2) is 0 Å². The Hall–Kier alpha value is -1.26. The van der Waals surface area contributed by atoms with E-state index in [1.807, 2.05) is 6.07 Å². The average molecular weight is 359 g/mol. The minimum Gasteiger partial charge on any atom is -0.340 e. The van der Waals surface area contributed by atoms with E-state index in [0.717, 1.165) is 12.8 Å². The maximum Gasteiger partial charge on any atom is 0.251 e. The SMILES string of the molecule is CCCCC(NC(=O)c1ccccc1)C(=O)N(CCCl)CCCl. The number of unbranched alkanes of at least 4 members (excludes halogenated alkanes) is 1.